The number of hydrogen-bond acceptors (Lipinski definition) is 3. The van der Waals surface area contributed by atoms with Crippen molar-refractivity contribution in [3.63, 3.8) is 0 Å². The van der Waals surface area contributed by atoms with Gasteiger partial charge in [0.15, 0.2) is 0 Å². The van der Waals surface area contributed by atoms with E-state index >= 15 is 0 Å². The van der Waals surface area contributed by atoms with Crippen molar-refractivity contribution in [2.45, 2.75) is 51.1 Å². The molecular weight excluding hydrogens is 256 g/mol. The summed E-state index contributed by atoms with van der Waals surface area (Å²) in [5.41, 5.74) is 0. The fourth-order valence-corrected chi connectivity index (χ4v) is 4.28. The Bertz CT molecular complexity index is 412. The average Bonchev–Trinajstić information content (AvgIpc) is 3.00. The lowest BCUT2D eigenvalue weighted by molar-refractivity contribution is -0.154. The third kappa shape index (κ3) is 2.32. The largest absolute Gasteiger partial charge is 0.480 e. The molecule has 0 aromatic rings. The van der Waals surface area contributed by atoms with Crippen LogP contribution in [0.25, 0.3) is 0 Å². The number of fused-ring (bicyclic) bond motifs is 1. The Balaban J connectivity index is 1.73. The maximum absolute atomic E-state index is 12.8. The van der Waals surface area contributed by atoms with E-state index in [1.807, 2.05) is 0 Å². The minimum Gasteiger partial charge on any atom is -0.480 e. The normalized spacial score (nSPS) is 40.6. The second-order valence-electron chi connectivity index (χ2n) is 6.76. The van der Waals surface area contributed by atoms with Gasteiger partial charge in [0.1, 0.15) is 6.04 Å². The van der Waals surface area contributed by atoms with Gasteiger partial charge in [-0.1, -0.05) is 13.3 Å². The number of nitrogens with zero attached hydrogens (tertiary/aromatic N) is 1. The molecule has 0 spiro atoms. The number of amides is 1. The summed E-state index contributed by atoms with van der Waals surface area (Å²) in [4.78, 5) is 25.8. The van der Waals surface area contributed by atoms with Gasteiger partial charge in [0.2, 0.25) is 5.91 Å². The van der Waals surface area contributed by atoms with Crippen LogP contribution in [0.2, 0.25) is 0 Å². The first-order valence-electron chi connectivity index (χ1n) is 7.84. The Hall–Kier alpha value is -1.10. The van der Waals surface area contributed by atoms with Gasteiger partial charge in [0.25, 0.3) is 0 Å². The molecule has 1 saturated carbocycles. The van der Waals surface area contributed by atoms with Crippen LogP contribution in [0.3, 0.4) is 0 Å². The number of carboxylic acids is 1. The Kier molecular flexibility index (Phi) is 3.71. The standard InChI is InChI=1S/C15H24N2O3/c1-9-5-6-17(12(7-9)15(19)20)14(18)13-11-4-2-3-10(11)8-16-13/h9-13,16H,2-8H2,1H3,(H,19,20). The number of piperidine rings is 1. The lowest BCUT2D eigenvalue weighted by Gasteiger charge is -2.38. The molecule has 5 heteroatoms. The van der Waals surface area contributed by atoms with Gasteiger partial charge < -0.3 is 15.3 Å². The van der Waals surface area contributed by atoms with Gasteiger partial charge in [0.05, 0.1) is 6.04 Å². The third-order valence-corrected chi connectivity index (χ3v) is 5.44. The molecule has 5 nitrogen and oxygen atoms in total. The Morgan fingerprint density at radius 3 is 2.80 bits per heavy atom. The summed E-state index contributed by atoms with van der Waals surface area (Å²) in [6.45, 7) is 3.58. The van der Waals surface area contributed by atoms with E-state index in [4.69, 9.17) is 0 Å². The van der Waals surface area contributed by atoms with Gasteiger partial charge in [-0.05, 0) is 50.0 Å². The molecule has 1 amide bonds. The second-order valence-corrected chi connectivity index (χ2v) is 6.76. The van der Waals surface area contributed by atoms with Crippen molar-refractivity contribution in [3.05, 3.63) is 0 Å². The minimum atomic E-state index is -0.856. The first-order chi connectivity index (χ1) is 9.58. The number of carbonyl (C=O) groups is 2. The molecule has 1 aliphatic carbocycles. The van der Waals surface area contributed by atoms with Gasteiger partial charge in [-0.2, -0.15) is 0 Å². The van der Waals surface area contributed by atoms with Crippen molar-refractivity contribution in [2.24, 2.45) is 17.8 Å². The molecule has 0 aromatic carbocycles. The van der Waals surface area contributed by atoms with Crippen molar-refractivity contribution >= 4 is 11.9 Å². The molecule has 2 heterocycles. The Labute approximate surface area is 119 Å². The van der Waals surface area contributed by atoms with Crippen LogP contribution in [0.5, 0.6) is 0 Å². The van der Waals surface area contributed by atoms with E-state index in [9.17, 15) is 14.7 Å². The molecule has 0 bridgehead atoms. The molecule has 0 aromatic heterocycles. The van der Waals surface area contributed by atoms with E-state index in [0.717, 1.165) is 19.4 Å². The SMILES string of the molecule is CC1CCN(C(=O)C2NCC3CCCC32)C(C(=O)O)C1. The summed E-state index contributed by atoms with van der Waals surface area (Å²) in [6, 6.07) is -0.772. The van der Waals surface area contributed by atoms with Crippen LogP contribution in [0, 0.1) is 17.8 Å². The highest BCUT2D eigenvalue weighted by atomic mass is 16.4. The van der Waals surface area contributed by atoms with Crippen LogP contribution in [0.15, 0.2) is 0 Å². The molecule has 112 valence electrons. The lowest BCUT2D eigenvalue weighted by atomic mass is 9.89. The predicted octanol–water partition coefficient (Wildman–Crippen LogP) is 1.09. The van der Waals surface area contributed by atoms with E-state index in [1.54, 1.807) is 4.90 Å². The van der Waals surface area contributed by atoms with E-state index in [0.29, 0.717) is 30.7 Å². The zero-order valence-electron chi connectivity index (χ0n) is 12.0. The molecule has 3 aliphatic rings. The third-order valence-electron chi connectivity index (χ3n) is 5.44. The number of rotatable bonds is 2. The van der Waals surface area contributed by atoms with E-state index in [2.05, 4.69) is 12.2 Å². The second kappa shape index (κ2) is 5.35. The van der Waals surface area contributed by atoms with Gasteiger partial charge in [-0.3, -0.25) is 4.79 Å². The van der Waals surface area contributed by atoms with E-state index < -0.39 is 12.0 Å². The van der Waals surface area contributed by atoms with Crippen LogP contribution >= 0.6 is 0 Å². The molecule has 2 aliphatic heterocycles. The number of carbonyl (C=O) groups excluding carboxylic acids is 1. The highest BCUT2D eigenvalue weighted by Gasteiger charge is 2.46. The number of carboxylic acid groups (broad SMARTS) is 1. The van der Waals surface area contributed by atoms with Gasteiger partial charge >= 0.3 is 5.97 Å². The van der Waals surface area contributed by atoms with Crippen molar-refractivity contribution < 1.29 is 14.7 Å². The average molecular weight is 280 g/mol. The predicted molar refractivity (Wildman–Crippen MR) is 74.2 cm³/mol. The molecule has 20 heavy (non-hydrogen) atoms. The highest BCUT2D eigenvalue weighted by Crippen LogP contribution is 2.39. The number of aliphatic carboxylic acids is 1. The number of likely N-dealkylation sites (tertiary alicyclic amines) is 1. The van der Waals surface area contributed by atoms with Crippen molar-refractivity contribution in [1.82, 2.24) is 10.2 Å². The van der Waals surface area contributed by atoms with Gasteiger partial charge in [-0.25, -0.2) is 4.79 Å². The molecule has 3 fully saturated rings. The topological polar surface area (TPSA) is 69.6 Å². The molecule has 0 radical (unpaired) electrons. The molecule has 5 atom stereocenters. The zero-order valence-corrected chi connectivity index (χ0v) is 12.0. The van der Waals surface area contributed by atoms with Crippen LogP contribution in [0.4, 0.5) is 0 Å². The summed E-state index contributed by atoms with van der Waals surface area (Å²) in [5.74, 6) is 0.604. The molecule has 5 unspecified atom stereocenters. The quantitative estimate of drug-likeness (QED) is 0.794. The first-order valence-corrected chi connectivity index (χ1v) is 7.84. The smallest absolute Gasteiger partial charge is 0.326 e. The molecular formula is C15H24N2O3. The maximum Gasteiger partial charge on any atom is 0.326 e. The molecule has 3 rings (SSSR count). The summed E-state index contributed by atoms with van der Waals surface area (Å²) >= 11 is 0. The Morgan fingerprint density at radius 1 is 1.25 bits per heavy atom. The summed E-state index contributed by atoms with van der Waals surface area (Å²) in [5, 5.41) is 12.7. The monoisotopic (exact) mass is 280 g/mol. The van der Waals surface area contributed by atoms with Gasteiger partial charge in [0, 0.05) is 6.54 Å². The summed E-state index contributed by atoms with van der Waals surface area (Å²) in [6.07, 6.45) is 5.02. The van der Waals surface area contributed by atoms with E-state index in [1.165, 1.54) is 12.8 Å². The minimum absolute atomic E-state index is 0.0266. The lowest BCUT2D eigenvalue weighted by Crippen LogP contribution is -2.55. The summed E-state index contributed by atoms with van der Waals surface area (Å²) < 4.78 is 0. The first kappa shape index (κ1) is 13.9. The van der Waals surface area contributed by atoms with Crippen molar-refractivity contribution in [1.29, 1.82) is 0 Å². The molecule has 2 saturated heterocycles. The van der Waals surface area contributed by atoms with Crippen molar-refractivity contribution in [2.75, 3.05) is 13.1 Å². The molecule has 2 N–H and O–H groups in total. The van der Waals surface area contributed by atoms with Crippen LogP contribution in [-0.2, 0) is 9.59 Å². The van der Waals surface area contributed by atoms with Crippen LogP contribution < -0.4 is 5.32 Å². The van der Waals surface area contributed by atoms with Crippen molar-refractivity contribution in [3.8, 4) is 0 Å². The van der Waals surface area contributed by atoms with Gasteiger partial charge in [-0.15, -0.1) is 0 Å². The van der Waals surface area contributed by atoms with Crippen LogP contribution in [-0.4, -0.2) is 47.1 Å². The number of nitrogens with one attached hydrogen (secondary N) is 1. The fraction of sp³-hybridized carbons (Fsp3) is 0.867. The fourth-order valence-electron chi connectivity index (χ4n) is 4.28. The number of hydrogen-bond donors (Lipinski definition) is 2. The Morgan fingerprint density at radius 2 is 2.05 bits per heavy atom. The van der Waals surface area contributed by atoms with E-state index in [-0.39, 0.29) is 11.9 Å². The highest BCUT2D eigenvalue weighted by molar-refractivity contribution is 5.87. The maximum atomic E-state index is 12.8. The summed E-state index contributed by atoms with van der Waals surface area (Å²) in [7, 11) is 0. The zero-order chi connectivity index (χ0) is 14.3. The van der Waals surface area contributed by atoms with Crippen LogP contribution in [0.1, 0.15) is 39.0 Å².